The predicted molar refractivity (Wildman–Crippen MR) is 79.1 cm³/mol. The van der Waals surface area contributed by atoms with Gasteiger partial charge in [-0.3, -0.25) is 4.79 Å². The average molecular weight is 291 g/mol. The highest BCUT2D eigenvalue weighted by Gasteiger charge is 2.21. The molecule has 1 amide bonds. The summed E-state index contributed by atoms with van der Waals surface area (Å²) in [4.78, 5) is 13.3. The number of carbonyl (C=O) groups excluding carboxylic acids is 1. The van der Waals surface area contributed by atoms with Crippen LogP contribution >= 0.6 is 11.3 Å². The standard InChI is InChI=1S/C15H17NO3S/c1-9(2)14(13-4-3-7-20-13)16-15(19)11-6-5-10(17)8-12(11)18/h3-9,14,17-18H,1-2H3,(H,16,19). The molecule has 0 aliphatic rings. The van der Waals surface area contributed by atoms with Gasteiger partial charge in [-0.15, -0.1) is 11.3 Å². The molecule has 0 saturated heterocycles. The van der Waals surface area contributed by atoms with Crippen molar-refractivity contribution in [1.82, 2.24) is 5.32 Å². The second-order valence-electron chi connectivity index (χ2n) is 4.91. The highest BCUT2D eigenvalue weighted by Crippen LogP contribution is 2.28. The molecular formula is C15H17NO3S. The maximum Gasteiger partial charge on any atom is 0.255 e. The summed E-state index contributed by atoms with van der Waals surface area (Å²) in [5.41, 5.74) is 0.157. The zero-order valence-electron chi connectivity index (χ0n) is 11.3. The average Bonchev–Trinajstić information content (AvgIpc) is 2.88. The topological polar surface area (TPSA) is 69.6 Å². The SMILES string of the molecule is CC(C)C(NC(=O)c1ccc(O)cc1O)c1cccs1. The van der Waals surface area contributed by atoms with Crippen LogP contribution in [0.25, 0.3) is 0 Å². The molecule has 4 nitrogen and oxygen atoms in total. The van der Waals surface area contributed by atoms with Gasteiger partial charge in [-0.1, -0.05) is 19.9 Å². The second kappa shape index (κ2) is 5.96. The van der Waals surface area contributed by atoms with Gasteiger partial charge in [0.15, 0.2) is 0 Å². The number of benzene rings is 1. The van der Waals surface area contributed by atoms with E-state index in [-0.39, 0.29) is 34.9 Å². The lowest BCUT2D eigenvalue weighted by Crippen LogP contribution is -2.31. The van der Waals surface area contributed by atoms with Crippen molar-refractivity contribution in [3.63, 3.8) is 0 Å². The smallest absolute Gasteiger partial charge is 0.255 e. The van der Waals surface area contributed by atoms with Crippen LogP contribution in [-0.2, 0) is 0 Å². The van der Waals surface area contributed by atoms with Crippen LogP contribution in [0.5, 0.6) is 11.5 Å². The summed E-state index contributed by atoms with van der Waals surface area (Å²) in [6.45, 7) is 4.06. The highest BCUT2D eigenvalue weighted by molar-refractivity contribution is 7.10. The van der Waals surface area contributed by atoms with Gasteiger partial charge >= 0.3 is 0 Å². The second-order valence-corrected chi connectivity index (χ2v) is 5.89. The molecule has 3 N–H and O–H groups in total. The molecule has 0 radical (unpaired) electrons. The molecule has 0 fully saturated rings. The van der Waals surface area contributed by atoms with Gasteiger partial charge in [0.2, 0.25) is 0 Å². The number of hydrogen-bond donors (Lipinski definition) is 3. The van der Waals surface area contributed by atoms with E-state index < -0.39 is 0 Å². The lowest BCUT2D eigenvalue weighted by molar-refractivity contribution is 0.0924. The normalized spacial score (nSPS) is 12.3. The molecule has 1 atom stereocenters. The van der Waals surface area contributed by atoms with Crippen LogP contribution in [0.2, 0.25) is 0 Å². The largest absolute Gasteiger partial charge is 0.508 e. The highest BCUT2D eigenvalue weighted by atomic mass is 32.1. The van der Waals surface area contributed by atoms with E-state index in [4.69, 9.17) is 0 Å². The maximum atomic E-state index is 12.2. The number of nitrogens with one attached hydrogen (secondary N) is 1. The molecule has 20 heavy (non-hydrogen) atoms. The minimum atomic E-state index is -0.352. The predicted octanol–water partition coefficient (Wildman–Crippen LogP) is 3.29. The minimum absolute atomic E-state index is 0.0716. The molecule has 2 aromatic rings. The van der Waals surface area contributed by atoms with E-state index in [0.717, 1.165) is 10.9 Å². The number of phenolic OH excluding ortho intramolecular Hbond substituents is 2. The monoisotopic (exact) mass is 291 g/mol. The third-order valence-corrected chi connectivity index (χ3v) is 3.98. The van der Waals surface area contributed by atoms with Crippen LogP contribution < -0.4 is 5.32 Å². The Kier molecular flexibility index (Phi) is 4.29. The van der Waals surface area contributed by atoms with Crippen molar-refractivity contribution in [2.24, 2.45) is 5.92 Å². The van der Waals surface area contributed by atoms with Crippen LogP contribution in [0.3, 0.4) is 0 Å². The summed E-state index contributed by atoms with van der Waals surface area (Å²) in [5.74, 6) is -0.416. The molecule has 1 aromatic heterocycles. The van der Waals surface area contributed by atoms with Crippen molar-refractivity contribution in [1.29, 1.82) is 0 Å². The van der Waals surface area contributed by atoms with Crippen LogP contribution in [-0.4, -0.2) is 16.1 Å². The summed E-state index contributed by atoms with van der Waals surface area (Å²) in [6, 6.07) is 7.77. The van der Waals surface area contributed by atoms with Gasteiger partial charge in [0.05, 0.1) is 11.6 Å². The van der Waals surface area contributed by atoms with Gasteiger partial charge in [0.25, 0.3) is 5.91 Å². The third-order valence-electron chi connectivity index (χ3n) is 3.03. The van der Waals surface area contributed by atoms with Crippen LogP contribution in [0.1, 0.15) is 35.1 Å². The van der Waals surface area contributed by atoms with Crippen molar-refractivity contribution in [3.05, 3.63) is 46.2 Å². The van der Waals surface area contributed by atoms with E-state index in [2.05, 4.69) is 5.32 Å². The van der Waals surface area contributed by atoms with Gasteiger partial charge in [0, 0.05) is 10.9 Å². The Morgan fingerprint density at radius 1 is 1.25 bits per heavy atom. The Hall–Kier alpha value is -2.01. The van der Waals surface area contributed by atoms with Crippen molar-refractivity contribution in [2.75, 3.05) is 0 Å². The summed E-state index contributed by atoms with van der Waals surface area (Å²) in [6.07, 6.45) is 0. The number of hydrogen-bond acceptors (Lipinski definition) is 4. The zero-order valence-corrected chi connectivity index (χ0v) is 12.1. The third kappa shape index (κ3) is 3.11. The van der Waals surface area contributed by atoms with E-state index >= 15 is 0 Å². The van der Waals surface area contributed by atoms with Gasteiger partial charge < -0.3 is 15.5 Å². The number of carbonyl (C=O) groups is 1. The number of amides is 1. The van der Waals surface area contributed by atoms with Crippen LogP contribution in [0.15, 0.2) is 35.7 Å². The van der Waals surface area contributed by atoms with E-state index in [1.165, 1.54) is 12.1 Å². The van der Waals surface area contributed by atoms with Gasteiger partial charge in [-0.05, 0) is 29.5 Å². The Balaban J connectivity index is 2.21. The van der Waals surface area contributed by atoms with E-state index in [9.17, 15) is 15.0 Å². The van der Waals surface area contributed by atoms with Gasteiger partial charge in [0.1, 0.15) is 11.5 Å². The number of thiophene rings is 1. The molecule has 0 aliphatic heterocycles. The lowest BCUT2D eigenvalue weighted by atomic mass is 10.0. The minimum Gasteiger partial charge on any atom is -0.508 e. The van der Waals surface area contributed by atoms with Gasteiger partial charge in [-0.25, -0.2) is 0 Å². The first-order valence-corrected chi connectivity index (χ1v) is 7.23. The fraction of sp³-hybridized carbons (Fsp3) is 0.267. The molecule has 1 unspecified atom stereocenters. The Morgan fingerprint density at radius 2 is 2.00 bits per heavy atom. The molecule has 5 heteroatoms. The Bertz CT molecular complexity index is 593. The Labute approximate surface area is 121 Å². The quantitative estimate of drug-likeness (QED) is 0.809. The molecule has 106 valence electrons. The van der Waals surface area contributed by atoms with Crippen LogP contribution in [0, 0.1) is 5.92 Å². The molecule has 1 aromatic carbocycles. The van der Waals surface area contributed by atoms with Crippen molar-refractivity contribution in [3.8, 4) is 11.5 Å². The van der Waals surface area contributed by atoms with E-state index in [1.807, 2.05) is 31.4 Å². The molecule has 0 spiro atoms. The molecule has 2 rings (SSSR count). The fourth-order valence-corrected chi connectivity index (χ4v) is 2.91. The number of rotatable bonds is 4. The summed E-state index contributed by atoms with van der Waals surface area (Å²) >= 11 is 1.59. The first kappa shape index (κ1) is 14.4. The van der Waals surface area contributed by atoms with E-state index in [0.29, 0.717) is 0 Å². The van der Waals surface area contributed by atoms with Crippen molar-refractivity contribution >= 4 is 17.2 Å². The first-order chi connectivity index (χ1) is 9.49. The zero-order chi connectivity index (χ0) is 14.7. The molecule has 0 aliphatic carbocycles. The molecule has 1 heterocycles. The maximum absolute atomic E-state index is 12.2. The molecule has 0 saturated carbocycles. The first-order valence-electron chi connectivity index (χ1n) is 6.35. The van der Waals surface area contributed by atoms with Crippen molar-refractivity contribution < 1.29 is 15.0 Å². The fourth-order valence-electron chi connectivity index (χ4n) is 1.97. The lowest BCUT2D eigenvalue weighted by Gasteiger charge is -2.21. The summed E-state index contributed by atoms with van der Waals surface area (Å²) < 4.78 is 0. The summed E-state index contributed by atoms with van der Waals surface area (Å²) in [5, 5.41) is 23.9. The summed E-state index contributed by atoms with van der Waals surface area (Å²) in [7, 11) is 0. The number of aromatic hydroxyl groups is 2. The van der Waals surface area contributed by atoms with Gasteiger partial charge in [-0.2, -0.15) is 0 Å². The Morgan fingerprint density at radius 3 is 2.55 bits per heavy atom. The molecule has 0 bridgehead atoms. The van der Waals surface area contributed by atoms with E-state index in [1.54, 1.807) is 11.3 Å². The number of phenols is 2. The van der Waals surface area contributed by atoms with Crippen molar-refractivity contribution in [2.45, 2.75) is 19.9 Å². The molecular weight excluding hydrogens is 274 g/mol. The van der Waals surface area contributed by atoms with Crippen LogP contribution in [0.4, 0.5) is 0 Å².